The third-order valence-electron chi connectivity index (χ3n) is 5.76. The summed E-state index contributed by atoms with van der Waals surface area (Å²) in [6, 6.07) is 5.41. The number of aryl methyl sites for hydroxylation is 1. The van der Waals surface area contributed by atoms with Gasteiger partial charge in [-0.3, -0.25) is 9.69 Å². The van der Waals surface area contributed by atoms with E-state index in [0.29, 0.717) is 31.1 Å². The van der Waals surface area contributed by atoms with E-state index in [0.717, 1.165) is 49.2 Å². The van der Waals surface area contributed by atoms with Crippen LogP contribution >= 0.6 is 11.6 Å². The summed E-state index contributed by atoms with van der Waals surface area (Å²) >= 11 is 6.00. The van der Waals surface area contributed by atoms with Gasteiger partial charge in [0.05, 0.1) is 36.4 Å². The van der Waals surface area contributed by atoms with E-state index in [1.165, 1.54) is 0 Å². The number of hydrogen-bond acceptors (Lipinski definition) is 5. The van der Waals surface area contributed by atoms with Crippen molar-refractivity contribution in [3.05, 3.63) is 29.0 Å². The van der Waals surface area contributed by atoms with Crippen molar-refractivity contribution in [3.63, 3.8) is 0 Å². The minimum absolute atomic E-state index is 0.0508. The first-order valence-electron chi connectivity index (χ1n) is 10.0. The summed E-state index contributed by atoms with van der Waals surface area (Å²) in [5, 5.41) is 14.5. The number of fused-ring (bicyclic) bond motifs is 1. The van der Waals surface area contributed by atoms with Gasteiger partial charge in [0, 0.05) is 37.0 Å². The first-order valence-corrected chi connectivity index (χ1v) is 10.4. The number of nitrogens with one attached hydrogen (secondary N) is 2. The zero-order chi connectivity index (χ0) is 19.5. The summed E-state index contributed by atoms with van der Waals surface area (Å²) in [5.41, 5.74) is 1.72. The van der Waals surface area contributed by atoms with Crippen molar-refractivity contribution >= 4 is 28.5 Å². The lowest BCUT2D eigenvalue weighted by Crippen LogP contribution is -2.58. The Morgan fingerprint density at radius 2 is 2.18 bits per heavy atom. The van der Waals surface area contributed by atoms with Gasteiger partial charge in [0.25, 0.3) is 0 Å². The minimum atomic E-state index is -0.538. The van der Waals surface area contributed by atoms with E-state index in [4.69, 9.17) is 16.3 Å². The van der Waals surface area contributed by atoms with Gasteiger partial charge in [-0.25, -0.2) is 4.98 Å². The molecule has 1 saturated carbocycles. The van der Waals surface area contributed by atoms with Crippen LogP contribution in [-0.4, -0.2) is 70.4 Å². The van der Waals surface area contributed by atoms with Crippen LogP contribution in [0.15, 0.2) is 18.2 Å². The number of carbonyl (C=O) groups is 1. The minimum Gasteiger partial charge on any atom is -0.389 e. The number of amides is 1. The Morgan fingerprint density at radius 1 is 1.36 bits per heavy atom. The summed E-state index contributed by atoms with van der Waals surface area (Å²) in [6.45, 7) is 3.11. The highest BCUT2D eigenvalue weighted by molar-refractivity contribution is 6.31. The van der Waals surface area contributed by atoms with Gasteiger partial charge in [0.15, 0.2) is 0 Å². The number of benzene rings is 1. The zero-order valence-corrected chi connectivity index (χ0v) is 16.6. The monoisotopic (exact) mass is 406 g/mol. The molecule has 1 aliphatic heterocycles. The summed E-state index contributed by atoms with van der Waals surface area (Å²) < 4.78 is 5.41. The van der Waals surface area contributed by atoms with Gasteiger partial charge in [-0.15, -0.1) is 0 Å². The molecule has 4 rings (SSSR count). The van der Waals surface area contributed by atoms with E-state index >= 15 is 0 Å². The highest BCUT2D eigenvalue weighted by Crippen LogP contribution is 2.25. The van der Waals surface area contributed by atoms with Gasteiger partial charge >= 0.3 is 0 Å². The lowest BCUT2D eigenvalue weighted by molar-refractivity contribution is -0.124. The van der Waals surface area contributed by atoms with Crippen molar-refractivity contribution in [1.82, 2.24) is 20.2 Å². The highest BCUT2D eigenvalue weighted by atomic mass is 35.5. The fourth-order valence-corrected chi connectivity index (χ4v) is 4.46. The average Bonchev–Trinajstić information content (AvgIpc) is 3.11. The predicted molar refractivity (Wildman–Crippen MR) is 107 cm³/mol. The molecule has 1 aromatic carbocycles. The number of imidazole rings is 1. The normalized spacial score (nSPS) is 26.4. The number of aliphatic hydroxyl groups is 1. The fourth-order valence-electron chi connectivity index (χ4n) is 4.29. The van der Waals surface area contributed by atoms with E-state index in [2.05, 4.69) is 20.2 Å². The SMILES string of the molecule is O=C(CCc1nc2ccc(Cl)cc2[nH]1)N[C@@H]1CCC[C@@H](N2CCOCC2)[C@@H]1O. The number of hydrogen-bond donors (Lipinski definition) is 3. The molecular formula is C20H27ClN4O3. The smallest absolute Gasteiger partial charge is 0.220 e. The number of morpholine rings is 1. The molecule has 1 saturated heterocycles. The summed E-state index contributed by atoms with van der Waals surface area (Å²) in [7, 11) is 0. The number of ether oxygens (including phenoxy) is 1. The maximum absolute atomic E-state index is 12.5. The largest absolute Gasteiger partial charge is 0.389 e. The van der Waals surface area contributed by atoms with Crippen LogP contribution in [0.25, 0.3) is 11.0 Å². The molecule has 28 heavy (non-hydrogen) atoms. The van der Waals surface area contributed by atoms with Crippen molar-refractivity contribution in [2.45, 2.75) is 50.3 Å². The number of nitrogens with zero attached hydrogens (tertiary/aromatic N) is 2. The first-order chi connectivity index (χ1) is 13.6. The van der Waals surface area contributed by atoms with Crippen molar-refractivity contribution in [2.75, 3.05) is 26.3 Å². The maximum Gasteiger partial charge on any atom is 0.220 e. The van der Waals surface area contributed by atoms with Crippen LogP contribution in [0.5, 0.6) is 0 Å². The topological polar surface area (TPSA) is 90.5 Å². The molecule has 152 valence electrons. The number of H-pyrrole nitrogens is 1. The lowest BCUT2D eigenvalue weighted by Gasteiger charge is -2.43. The van der Waals surface area contributed by atoms with Crippen molar-refractivity contribution in [1.29, 1.82) is 0 Å². The highest BCUT2D eigenvalue weighted by Gasteiger charge is 2.36. The molecule has 2 heterocycles. The number of rotatable bonds is 5. The van der Waals surface area contributed by atoms with Crippen LogP contribution in [-0.2, 0) is 16.0 Å². The number of aromatic nitrogens is 2. The Kier molecular flexibility index (Phi) is 6.16. The van der Waals surface area contributed by atoms with Crippen LogP contribution < -0.4 is 5.32 Å². The predicted octanol–water partition coefficient (Wildman–Crippen LogP) is 1.88. The molecule has 1 amide bonds. The average molecular weight is 407 g/mol. The van der Waals surface area contributed by atoms with E-state index in [9.17, 15) is 9.90 Å². The number of aliphatic hydroxyl groups excluding tert-OH is 1. The van der Waals surface area contributed by atoms with E-state index < -0.39 is 6.10 Å². The third kappa shape index (κ3) is 4.49. The van der Waals surface area contributed by atoms with Gasteiger partial charge < -0.3 is 20.1 Å². The Morgan fingerprint density at radius 3 is 3.00 bits per heavy atom. The van der Waals surface area contributed by atoms with Crippen LogP contribution in [0.2, 0.25) is 5.02 Å². The van der Waals surface area contributed by atoms with E-state index in [1.807, 2.05) is 12.1 Å². The second kappa shape index (κ2) is 8.78. The number of halogens is 1. The van der Waals surface area contributed by atoms with Crippen LogP contribution in [0.3, 0.4) is 0 Å². The molecule has 2 aromatic rings. The van der Waals surface area contributed by atoms with Crippen LogP contribution in [0, 0.1) is 0 Å². The Labute approximate surface area is 169 Å². The van der Waals surface area contributed by atoms with Crippen molar-refractivity contribution < 1.29 is 14.6 Å². The van der Waals surface area contributed by atoms with Crippen LogP contribution in [0.4, 0.5) is 0 Å². The molecule has 1 aromatic heterocycles. The molecule has 0 spiro atoms. The quantitative estimate of drug-likeness (QED) is 0.705. The summed E-state index contributed by atoms with van der Waals surface area (Å²) in [6.07, 6.45) is 3.11. The molecule has 8 heteroatoms. The van der Waals surface area contributed by atoms with E-state index in [1.54, 1.807) is 6.07 Å². The summed E-state index contributed by atoms with van der Waals surface area (Å²) in [5.74, 6) is 0.716. The molecule has 7 nitrogen and oxygen atoms in total. The fraction of sp³-hybridized carbons (Fsp3) is 0.600. The van der Waals surface area contributed by atoms with Gasteiger partial charge in [0.2, 0.25) is 5.91 Å². The maximum atomic E-state index is 12.5. The second-order valence-electron chi connectivity index (χ2n) is 7.66. The van der Waals surface area contributed by atoms with Crippen molar-refractivity contribution in [2.24, 2.45) is 0 Å². The van der Waals surface area contributed by atoms with Crippen LogP contribution in [0.1, 0.15) is 31.5 Å². The third-order valence-corrected chi connectivity index (χ3v) is 6.00. The zero-order valence-electron chi connectivity index (χ0n) is 15.9. The Bertz CT molecular complexity index is 821. The molecule has 0 unspecified atom stereocenters. The number of aromatic amines is 1. The molecular weight excluding hydrogens is 380 g/mol. The summed E-state index contributed by atoms with van der Waals surface area (Å²) in [4.78, 5) is 22.5. The van der Waals surface area contributed by atoms with E-state index in [-0.39, 0.29) is 18.0 Å². The second-order valence-corrected chi connectivity index (χ2v) is 8.09. The molecule has 3 atom stereocenters. The molecule has 1 aliphatic carbocycles. The van der Waals surface area contributed by atoms with Gasteiger partial charge in [-0.1, -0.05) is 11.6 Å². The molecule has 2 aliphatic rings. The first kappa shape index (κ1) is 19.6. The Balaban J connectivity index is 1.30. The molecule has 0 bridgehead atoms. The van der Waals surface area contributed by atoms with Gasteiger partial charge in [0.1, 0.15) is 5.82 Å². The lowest BCUT2D eigenvalue weighted by atomic mass is 9.86. The molecule has 2 fully saturated rings. The number of carbonyl (C=O) groups excluding carboxylic acids is 1. The Hall–Kier alpha value is -1.67. The van der Waals surface area contributed by atoms with Crippen molar-refractivity contribution in [3.8, 4) is 0 Å². The standard InChI is InChI=1S/C20H27ClN4O3/c21-13-4-5-14-16(12-13)23-18(22-14)6-7-19(26)24-15-2-1-3-17(20(15)27)25-8-10-28-11-9-25/h4-5,12,15,17,20,27H,1-3,6-11H2,(H,22,23)(H,24,26)/t15-,17-,20-/m1/s1. The van der Waals surface area contributed by atoms with Gasteiger partial charge in [-0.05, 0) is 37.5 Å². The molecule has 0 radical (unpaired) electrons. The molecule has 3 N–H and O–H groups in total. The van der Waals surface area contributed by atoms with Gasteiger partial charge in [-0.2, -0.15) is 0 Å².